The molecule has 0 aliphatic rings. The molecule has 17 heavy (non-hydrogen) atoms. The fourth-order valence-corrected chi connectivity index (χ4v) is 1.20. The van der Waals surface area contributed by atoms with Crippen molar-refractivity contribution in [1.82, 2.24) is 19.7 Å². The number of nitrogens with two attached hydrogens (primary N) is 1. The lowest BCUT2D eigenvalue weighted by Gasteiger charge is -2.04. The topological polar surface area (TPSA) is 111 Å². The molecule has 88 valence electrons. The molecule has 0 aromatic carbocycles. The number of anilines is 2. The summed E-state index contributed by atoms with van der Waals surface area (Å²) in [6.45, 7) is 0. The summed E-state index contributed by atoms with van der Waals surface area (Å²) in [4.78, 5) is 19.6. The first-order valence-corrected chi connectivity index (χ1v) is 4.78. The summed E-state index contributed by atoms with van der Waals surface area (Å²) in [6, 6.07) is 1.68. The van der Waals surface area contributed by atoms with Crippen molar-refractivity contribution in [2.24, 2.45) is 12.9 Å². The zero-order valence-corrected chi connectivity index (χ0v) is 9.08. The molecular formula is C9H11N7O. The van der Waals surface area contributed by atoms with Gasteiger partial charge in [0.15, 0.2) is 5.82 Å². The van der Waals surface area contributed by atoms with Gasteiger partial charge in [0, 0.05) is 13.1 Å². The number of aryl methyl sites for hydroxylation is 1. The van der Waals surface area contributed by atoms with Gasteiger partial charge in [-0.05, 0) is 0 Å². The number of hydrazine groups is 1. The van der Waals surface area contributed by atoms with Gasteiger partial charge in [-0.15, -0.1) is 0 Å². The zero-order valence-electron chi connectivity index (χ0n) is 9.08. The lowest BCUT2D eigenvalue weighted by atomic mass is 10.4. The molecule has 0 aliphatic carbocycles. The summed E-state index contributed by atoms with van der Waals surface area (Å²) in [7, 11) is 1.72. The standard InChI is InChI=1S/C9H11N7O/c1-16-8(2-3-13-16)14-9(17)6-4-12-7(15-10)5-11-6/h2-5H,10H2,1H3,(H,12,15)(H,14,17). The van der Waals surface area contributed by atoms with Crippen LogP contribution in [0, 0.1) is 0 Å². The molecule has 0 saturated heterocycles. The molecule has 0 radical (unpaired) electrons. The highest BCUT2D eigenvalue weighted by molar-refractivity contribution is 6.02. The molecule has 4 N–H and O–H groups in total. The average Bonchev–Trinajstić information content (AvgIpc) is 2.75. The Bertz CT molecular complexity index is 518. The van der Waals surface area contributed by atoms with Crippen LogP contribution in [0.3, 0.4) is 0 Å². The van der Waals surface area contributed by atoms with E-state index in [1.54, 1.807) is 24.0 Å². The largest absolute Gasteiger partial charge is 0.307 e. The minimum Gasteiger partial charge on any atom is -0.307 e. The van der Waals surface area contributed by atoms with Crippen molar-refractivity contribution in [3.8, 4) is 0 Å². The summed E-state index contributed by atoms with van der Waals surface area (Å²) in [5.74, 6) is 5.76. The second-order valence-corrected chi connectivity index (χ2v) is 3.23. The molecule has 0 atom stereocenters. The second kappa shape index (κ2) is 4.58. The van der Waals surface area contributed by atoms with Gasteiger partial charge >= 0.3 is 0 Å². The van der Waals surface area contributed by atoms with Gasteiger partial charge in [-0.1, -0.05) is 0 Å². The van der Waals surface area contributed by atoms with Crippen molar-refractivity contribution in [1.29, 1.82) is 0 Å². The van der Waals surface area contributed by atoms with E-state index in [-0.39, 0.29) is 11.6 Å². The fourth-order valence-electron chi connectivity index (χ4n) is 1.20. The first-order chi connectivity index (χ1) is 8.20. The number of nitrogens with zero attached hydrogens (tertiary/aromatic N) is 4. The molecule has 0 fully saturated rings. The maximum Gasteiger partial charge on any atom is 0.277 e. The summed E-state index contributed by atoms with van der Waals surface area (Å²) >= 11 is 0. The van der Waals surface area contributed by atoms with Gasteiger partial charge in [-0.3, -0.25) is 9.48 Å². The van der Waals surface area contributed by atoms with Crippen molar-refractivity contribution in [3.05, 3.63) is 30.4 Å². The molecule has 2 heterocycles. The van der Waals surface area contributed by atoms with Gasteiger partial charge in [0.05, 0.1) is 18.6 Å². The van der Waals surface area contributed by atoms with E-state index in [0.717, 1.165) is 0 Å². The SMILES string of the molecule is Cn1nccc1NC(=O)c1cnc(NN)cn1. The summed E-state index contributed by atoms with van der Waals surface area (Å²) in [5, 5.41) is 6.58. The van der Waals surface area contributed by atoms with Gasteiger partial charge in [-0.25, -0.2) is 15.8 Å². The van der Waals surface area contributed by atoms with Gasteiger partial charge in [-0.2, -0.15) is 5.10 Å². The number of nitrogen functional groups attached to an aromatic ring is 1. The Morgan fingerprint density at radius 2 is 2.24 bits per heavy atom. The Labute approximate surface area is 96.8 Å². The Hall–Kier alpha value is -2.48. The van der Waals surface area contributed by atoms with Crippen LogP contribution in [0.2, 0.25) is 0 Å². The molecule has 0 spiro atoms. The molecular weight excluding hydrogens is 222 g/mol. The smallest absolute Gasteiger partial charge is 0.277 e. The van der Waals surface area contributed by atoms with Crippen LogP contribution in [0.1, 0.15) is 10.5 Å². The molecule has 1 amide bonds. The monoisotopic (exact) mass is 233 g/mol. The highest BCUT2D eigenvalue weighted by Gasteiger charge is 2.09. The predicted molar refractivity (Wildman–Crippen MR) is 61.0 cm³/mol. The van der Waals surface area contributed by atoms with Crippen molar-refractivity contribution in [3.63, 3.8) is 0 Å². The third-order valence-corrected chi connectivity index (χ3v) is 2.09. The zero-order chi connectivity index (χ0) is 12.3. The molecule has 0 bridgehead atoms. The maximum atomic E-state index is 11.8. The average molecular weight is 233 g/mol. The van der Waals surface area contributed by atoms with E-state index in [2.05, 4.69) is 25.8 Å². The molecule has 2 aromatic rings. The number of rotatable bonds is 3. The van der Waals surface area contributed by atoms with E-state index < -0.39 is 0 Å². The third-order valence-electron chi connectivity index (χ3n) is 2.09. The highest BCUT2D eigenvalue weighted by Crippen LogP contribution is 2.06. The lowest BCUT2D eigenvalue weighted by Crippen LogP contribution is -2.17. The molecule has 0 unspecified atom stereocenters. The lowest BCUT2D eigenvalue weighted by molar-refractivity contribution is 0.102. The number of carbonyl (C=O) groups is 1. The molecule has 2 rings (SSSR count). The van der Waals surface area contributed by atoms with Crippen molar-refractivity contribution in [2.75, 3.05) is 10.7 Å². The number of aromatic nitrogens is 4. The third kappa shape index (κ3) is 2.37. The van der Waals surface area contributed by atoms with E-state index in [0.29, 0.717) is 11.6 Å². The number of hydrogen-bond acceptors (Lipinski definition) is 6. The molecule has 8 heteroatoms. The van der Waals surface area contributed by atoms with Gasteiger partial charge in [0.2, 0.25) is 0 Å². The van der Waals surface area contributed by atoms with Crippen molar-refractivity contribution in [2.45, 2.75) is 0 Å². The van der Waals surface area contributed by atoms with Gasteiger partial charge in [0.25, 0.3) is 5.91 Å². The highest BCUT2D eigenvalue weighted by atomic mass is 16.2. The summed E-state index contributed by atoms with van der Waals surface area (Å²) < 4.78 is 1.54. The van der Waals surface area contributed by atoms with Crippen LogP contribution in [0.5, 0.6) is 0 Å². The van der Waals surface area contributed by atoms with Gasteiger partial charge in [0.1, 0.15) is 11.5 Å². The Morgan fingerprint density at radius 1 is 1.41 bits per heavy atom. The normalized spacial score (nSPS) is 10.0. The van der Waals surface area contributed by atoms with E-state index in [9.17, 15) is 4.79 Å². The number of amides is 1. The van der Waals surface area contributed by atoms with Crippen LogP contribution in [0.4, 0.5) is 11.6 Å². The van der Waals surface area contributed by atoms with Crippen LogP contribution in [0.15, 0.2) is 24.7 Å². The summed E-state index contributed by atoms with van der Waals surface area (Å²) in [5.41, 5.74) is 2.53. The number of hydrogen-bond donors (Lipinski definition) is 3. The molecule has 0 aliphatic heterocycles. The predicted octanol–water partition coefficient (Wildman–Crippen LogP) is -0.252. The van der Waals surface area contributed by atoms with E-state index in [1.165, 1.54) is 12.4 Å². The molecule has 8 nitrogen and oxygen atoms in total. The van der Waals surface area contributed by atoms with Crippen LogP contribution in [0.25, 0.3) is 0 Å². The molecule has 0 saturated carbocycles. The van der Waals surface area contributed by atoms with E-state index in [4.69, 9.17) is 5.84 Å². The summed E-state index contributed by atoms with van der Waals surface area (Å²) in [6.07, 6.45) is 4.29. The molecule has 2 aromatic heterocycles. The Morgan fingerprint density at radius 3 is 2.76 bits per heavy atom. The Balaban J connectivity index is 2.12. The quantitative estimate of drug-likeness (QED) is 0.498. The van der Waals surface area contributed by atoms with Crippen LogP contribution >= 0.6 is 0 Å². The number of carbonyl (C=O) groups excluding carboxylic acids is 1. The number of nitrogens with one attached hydrogen (secondary N) is 2. The van der Waals surface area contributed by atoms with Crippen LogP contribution in [-0.2, 0) is 7.05 Å². The first kappa shape index (κ1) is 11.0. The van der Waals surface area contributed by atoms with Gasteiger partial charge < -0.3 is 10.7 Å². The first-order valence-electron chi connectivity index (χ1n) is 4.78. The van der Waals surface area contributed by atoms with E-state index >= 15 is 0 Å². The van der Waals surface area contributed by atoms with E-state index in [1.807, 2.05) is 0 Å². The minimum atomic E-state index is -0.357. The van der Waals surface area contributed by atoms with Crippen LogP contribution in [-0.4, -0.2) is 25.7 Å². The Kier molecular flexibility index (Phi) is 2.97. The van der Waals surface area contributed by atoms with Crippen molar-refractivity contribution >= 4 is 17.5 Å². The maximum absolute atomic E-state index is 11.8. The van der Waals surface area contributed by atoms with Crippen LogP contribution < -0.4 is 16.6 Å². The van der Waals surface area contributed by atoms with Crippen molar-refractivity contribution < 1.29 is 4.79 Å². The fraction of sp³-hybridized carbons (Fsp3) is 0.111. The second-order valence-electron chi connectivity index (χ2n) is 3.23. The minimum absolute atomic E-state index is 0.199.